The van der Waals surface area contributed by atoms with Crippen molar-refractivity contribution in [2.24, 2.45) is 0 Å². The minimum atomic E-state index is -0.929. The van der Waals surface area contributed by atoms with Gasteiger partial charge in [-0.05, 0) is 60.4 Å². The number of methoxy groups -OCH3 is 1. The first kappa shape index (κ1) is 20.6. The highest BCUT2D eigenvalue weighted by molar-refractivity contribution is 6.29. The van der Waals surface area contributed by atoms with E-state index in [1.165, 1.54) is 19.2 Å². The summed E-state index contributed by atoms with van der Waals surface area (Å²) in [5, 5.41) is 1.37. The molecule has 5 nitrogen and oxygen atoms in total. The van der Waals surface area contributed by atoms with Crippen molar-refractivity contribution in [2.45, 2.75) is 24.9 Å². The van der Waals surface area contributed by atoms with E-state index < -0.39 is 11.2 Å². The van der Waals surface area contributed by atoms with Crippen molar-refractivity contribution in [3.63, 3.8) is 0 Å². The van der Waals surface area contributed by atoms with Gasteiger partial charge in [0, 0.05) is 24.7 Å². The van der Waals surface area contributed by atoms with Crippen LogP contribution >= 0.6 is 11.6 Å². The third-order valence-corrected chi connectivity index (χ3v) is 5.68. The summed E-state index contributed by atoms with van der Waals surface area (Å²) in [6, 6.07) is 13.7. The zero-order valence-electron chi connectivity index (χ0n) is 16.5. The van der Waals surface area contributed by atoms with E-state index in [1.807, 2.05) is 24.3 Å². The van der Waals surface area contributed by atoms with E-state index in [0.29, 0.717) is 42.5 Å². The molecular formula is C23H21ClFNO4. The van der Waals surface area contributed by atoms with E-state index in [0.717, 1.165) is 16.5 Å². The Labute approximate surface area is 178 Å². The molecule has 0 spiro atoms. The van der Waals surface area contributed by atoms with Crippen molar-refractivity contribution in [2.75, 3.05) is 20.3 Å². The molecule has 0 unspecified atom stereocenters. The summed E-state index contributed by atoms with van der Waals surface area (Å²) in [6.45, 7) is 1.07. The lowest BCUT2D eigenvalue weighted by atomic mass is 9.74. The normalized spacial score (nSPS) is 15.7. The van der Waals surface area contributed by atoms with Crippen LogP contribution in [0.3, 0.4) is 0 Å². The Morgan fingerprint density at radius 1 is 1.17 bits per heavy atom. The number of esters is 1. The predicted octanol–water partition coefficient (Wildman–Crippen LogP) is 4.83. The zero-order chi connectivity index (χ0) is 21.1. The molecule has 0 amide bonds. The van der Waals surface area contributed by atoms with Gasteiger partial charge in [0.1, 0.15) is 23.3 Å². The average molecular weight is 430 g/mol. The number of carbonyl (C=O) groups is 1. The lowest BCUT2D eigenvalue weighted by Gasteiger charge is -2.35. The first-order valence-electron chi connectivity index (χ1n) is 9.65. The molecule has 0 aliphatic carbocycles. The van der Waals surface area contributed by atoms with Crippen LogP contribution < -0.4 is 4.74 Å². The summed E-state index contributed by atoms with van der Waals surface area (Å²) in [6.07, 6.45) is 0.867. The van der Waals surface area contributed by atoms with Gasteiger partial charge in [-0.3, -0.25) is 4.79 Å². The number of ether oxygens (including phenoxy) is 3. The number of carbonyl (C=O) groups excluding carboxylic acids is 1. The largest absolute Gasteiger partial charge is 0.489 e. The van der Waals surface area contributed by atoms with Crippen molar-refractivity contribution in [1.82, 2.24) is 4.98 Å². The quantitative estimate of drug-likeness (QED) is 0.429. The molecule has 0 N–H and O–H groups in total. The maximum Gasteiger partial charge on any atom is 0.316 e. The highest BCUT2D eigenvalue weighted by Crippen LogP contribution is 2.38. The molecule has 1 aromatic heterocycles. The first-order valence-corrected chi connectivity index (χ1v) is 10.0. The number of nitrogens with zero attached hydrogens (tertiary/aromatic N) is 1. The molecular weight excluding hydrogens is 409 g/mol. The van der Waals surface area contributed by atoms with E-state index in [9.17, 15) is 9.18 Å². The molecule has 2 aromatic carbocycles. The first-order chi connectivity index (χ1) is 14.5. The molecule has 1 aliphatic heterocycles. The van der Waals surface area contributed by atoms with E-state index in [2.05, 4.69) is 4.98 Å². The molecule has 1 fully saturated rings. The van der Waals surface area contributed by atoms with Crippen molar-refractivity contribution in [1.29, 1.82) is 0 Å². The predicted molar refractivity (Wildman–Crippen MR) is 111 cm³/mol. The van der Waals surface area contributed by atoms with Gasteiger partial charge in [-0.1, -0.05) is 17.7 Å². The maximum absolute atomic E-state index is 14.4. The fraction of sp³-hybridized carbons (Fsp3) is 0.304. The maximum atomic E-state index is 14.4. The van der Waals surface area contributed by atoms with Gasteiger partial charge in [-0.15, -0.1) is 0 Å². The Hall–Kier alpha value is -2.70. The van der Waals surface area contributed by atoms with Gasteiger partial charge < -0.3 is 14.2 Å². The number of hydrogen-bond donors (Lipinski definition) is 0. The smallest absolute Gasteiger partial charge is 0.316 e. The monoisotopic (exact) mass is 429 g/mol. The third-order valence-electron chi connectivity index (χ3n) is 5.47. The molecule has 0 saturated carbocycles. The molecule has 1 aliphatic rings. The fourth-order valence-electron chi connectivity index (χ4n) is 3.85. The van der Waals surface area contributed by atoms with Crippen molar-refractivity contribution in [3.8, 4) is 5.75 Å². The van der Waals surface area contributed by atoms with Gasteiger partial charge in [0.05, 0.1) is 18.0 Å². The summed E-state index contributed by atoms with van der Waals surface area (Å²) in [5.74, 6) is -0.494. The summed E-state index contributed by atoms with van der Waals surface area (Å²) in [7, 11) is 1.35. The van der Waals surface area contributed by atoms with Crippen LogP contribution in [0.1, 0.15) is 24.0 Å². The number of fused-ring (bicyclic) bond motifs is 1. The topological polar surface area (TPSA) is 57.7 Å². The fourth-order valence-corrected chi connectivity index (χ4v) is 4.01. The Balaban J connectivity index is 1.59. The van der Waals surface area contributed by atoms with E-state index >= 15 is 0 Å². The van der Waals surface area contributed by atoms with Gasteiger partial charge in [-0.2, -0.15) is 0 Å². The van der Waals surface area contributed by atoms with Crippen LogP contribution in [0.15, 0.2) is 48.5 Å². The van der Waals surface area contributed by atoms with Crippen LogP contribution in [0.5, 0.6) is 5.75 Å². The van der Waals surface area contributed by atoms with Crippen molar-refractivity contribution >= 4 is 28.5 Å². The second-order valence-corrected chi connectivity index (χ2v) is 7.70. The summed E-state index contributed by atoms with van der Waals surface area (Å²) in [5.41, 5.74) is 1.32. The van der Waals surface area contributed by atoms with E-state index in [4.69, 9.17) is 25.8 Å². The molecule has 3 aromatic rings. The van der Waals surface area contributed by atoms with Gasteiger partial charge >= 0.3 is 5.97 Å². The van der Waals surface area contributed by atoms with Gasteiger partial charge in [-0.25, -0.2) is 9.37 Å². The molecule has 156 valence electrons. The van der Waals surface area contributed by atoms with Crippen molar-refractivity contribution < 1.29 is 23.4 Å². The average Bonchev–Trinajstić information content (AvgIpc) is 2.77. The molecule has 1 saturated heterocycles. The lowest BCUT2D eigenvalue weighted by Crippen LogP contribution is -2.42. The van der Waals surface area contributed by atoms with Crippen molar-refractivity contribution in [3.05, 3.63) is 70.6 Å². The SMILES string of the molecule is COC(=O)C1(c2cc(F)cc(OCc3ccc4nc(Cl)ccc4c3)c2)CCOCC1. The van der Waals surface area contributed by atoms with Crippen LogP contribution in [0.2, 0.25) is 5.15 Å². The van der Waals surface area contributed by atoms with E-state index in [1.54, 1.807) is 12.1 Å². The number of benzene rings is 2. The van der Waals surface area contributed by atoms with Gasteiger partial charge in [0.15, 0.2) is 0 Å². The van der Waals surface area contributed by atoms with Crippen LogP contribution in [0.4, 0.5) is 4.39 Å². The van der Waals surface area contributed by atoms with Crippen LogP contribution in [0, 0.1) is 5.82 Å². The highest BCUT2D eigenvalue weighted by atomic mass is 35.5. The number of pyridine rings is 1. The number of rotatable bonds is 5. The molecule has 0 atom stereocenters. The Morgan fingerprint density at radius 2 is 1.97 bits per heavy atom. The summed E-state index contributed by atoms with van der Waals surface area (Å²) in [4.78, 5) is 16.8. The van der Waals surface area contributed by atoms with Crippen LogP contribution in [-0.2, 0) is 26.3 Å². The van der Waals surface area contributed by atoms with Gasteiger partial charge in [0.2, 0.25) is 0 Å². The minimum absolute atomic E-state index is 0.246. The molecule has 30 heavy (non-hydrogen) atoms. The zero-order valence-corrected chi connectivity index (χ0v) is 17.2. The highest BCUT2D eigenvalue weighted by Gasteiger charge is 2.43. The molecule has 4 rings (SSSR count). The van der Waals surface area contributed by atoms with Crippen LogP contribution in [-0.4, -0.2) is 31.3 Å². The summed E-state index contributed by atoms with van der Waals surface area (Å²) < 4.78 is 30.7. The Morgan fingerprint density at radius 3 is 2.73 bits per heavy atom. The standard InChI is InChI=1S/C23H21ClFNO4/c1-28-22(27)23(6-8-29-9-7-23)17-11-18(25)13-19(12-17)30-14-15-2-4-20-16(10-15)3-5-21(24)26-20/h2-5,10-13H,6-9,14H2,1H3. The number of hydrogen-bond acceptors (Lipinski definition) is 5. The van der Waals surface area contributed by atoms with Gasteiger partial charge in [0.25, 0.3) is 0 Å². The van der Waals surface area contributed by atoms with E-state index in [-0.39, 0.29) is 12.6 Å². The molecule has 7 heteroatoms. The second-order valence-electron chi connectivity index (χ2n) is 7.31. The number of aromatic nitrogens is 1. The molecule has 0 radical (unpaired) electrons. The second kappa shape index (κ2) is 8.58. The number of halogens is 2. The molecule has 0 bridgehead atoms. The Kier molecular flexibility index (Phi) is 5.88. The van der Waals surface area contributed by atoms with Crippen LogP contribution in [0.25, 0.3) is 10.9 Å². The minimum Gasteiger partial charge on any atom is -0.489 e. The third kappa shape index (κ3) is 4.11. The molecule has 2 heterocycles. The summed E-state index contributed by atoms with van der Waals surface area (Å²) >= 11 is 5.93. The lowest BCUT2D eigenvalue weighted by molar-refractivity contribution is -0.151. The Bertz CT molecular complexity index is 1080.